The Morgan fingerprint density at radius 3 is 2.56 bits per heavy atom. The van der Waals surface area contributed by atoms with E-state index in [1.807, 2.05) is 20.8 Å². The van der Waals surface area contributed by atoms with Crippen molar-refractivity contribution in [1.29, 1.82) is 0 Å². The average Bonchev–Trinajstić information content (AvgIpc) is 2.74. The largest absolute Gasteiger partial charge is 0.367 e. The van der Waals surface area contributed by atoms with Crippen LogP contribution >= 0.6 is 0 Å². The SMILES string of the molecule is CCOC1(C2=NC(C(C)C)C(=O)N2)CCCCC1. The summed E-state index contributed by atoms with van der Waals surface area (Å²) in [6.07, 6.45) is 5.52. The zero-order valence-corrected chi connectivity index (χ0v) is 11.7. The van der Waals surface area contributed by atoms with Gasteiger partial charge in [0.1, 0.15) is 17.5 Å². The fourth-order valence-electron chi connectivity index (χ4n) is 2.95. The molecule has 1 unspecified atom stereocenters. The summed E-state index contributed by atoms with van der Waals surface area (Å²) in [5.74, 6) is 1.06. The molecule has 1 aliphatic heterocycles. The number of aliphatic imine (C=N–C) groups is 1. The lowest BCUT2D eigenvalue weighted by atomic mass is 9.83. The molecule has 1 N–H and O–H groups in total. The van der Waals surface area contributed by atoms with Gasteiger partial charge in [0.25, 0.3) is 0 Å². The van der Waals surface area contributed by atoms with Gasteiger partial charge in [-0.15, -0.1) is 0 Å². The second-order valence-corrected chi connectivity index (χ2v) is 5.64. The van der Waals surface area contributed by atoms with Gasteiger partial charge in [0, 0.05) is 6.61 Å². The number of carbonyl (C=O) groups is 1. The van der Waals surface area contributed by atoms with E-state index in [9.17, 15) is 4.79 Å². The summed E-state index contributed by atoms with van der Waals surface area (Å²) in [6.45, 7) is 6.74. The Bertz CT molecular complexity index is 338. The van der Waals surface area contributed by atoms with Gasteiger partial charge < -0.3 is 10.1 Å². The van der Waals surface area contributed by atoms with Crippen LogP contribution in [-0.4, -0.2) is 30.0 Å². The second-order valence-electron chi connectivity index (χ2n) is 5.64. The van der Waals surface area contributed by atoms with E-state index in [-0.39, 0.29) is 23.5 Å². The molecule has 2 aliphatic rings. The molecule has 2 rings (SSSR count). The third-order valence-electron chi connectivity index (χ3n) is 3.92. The molecule has 0 aromatic carbocycles. The highest BCUT2D eigenvalue weighted by Crippen LogP contribution is 2.34. The maximum atomic E-state index is 11.9. The van der Waals surface area contributed by atoms with Crippen molar-refractivity contribution in [2.24, 2.45) is 10.9 Å². The van der Waals surface area contributed by atoms with Crippen molar-refractivity contribution in [2.45, 2.75) is 64.5 Å². The van der Waals surface area contributed by atoms with Crippen LogP contribution in [0.25, 0.3) is 0 Å². The fourth-order valence-corrected chi connectivity index (χ4v) is 2.95. The minimum Gasteiger partial charge on any atom is -0.367 e. The zero-order valence-electron chi connectivity index (χ0n) is 11.7. The van der Waals surface area contributed by atoms with Crippen molar-refractivity contribution >= 4 is 11.7 Å². The van der Waals surface area contributed by atoms with Gasteiger partial charge in [0.15, 0.2) is 0 Å². The summed E-state index contributed by atoms with van der Waals surface area (Å²) in [6, 6.07) is -0.237. The van der Waals surface area contributed by atoms with E-state index in [2.05, 4.69) is 10.3 Å². The predicted octanol–water partition coefficient (Wildman–Crippen LogP) is 2.28. The number of amides is 1. The van der Waals surface area contributed by atoms with Gasteiger partial charge in [-0.3, -0.25) is 9.79 Å². The number of rotatable bonds is 4. The molecular weight excluding hydrogens is 228 g/mol. The summed E-state index contributed by atoms with van der Waals surface area (Å²) in [4.78, 5) is 16.5. The highest BCUT2D eigenvalue weighted by molar-refractivity contribution is 6.09. The number of carbonyl (C=O) groups excluding carboxylic acids is 1. The molecule has 0 aromatic rings. The molecular formula is C14H24N2O2. The van der Waals surface area contributed by atoms with Gasteiger partial charge in [-0.2, -0.15) is 0 Å². The molecule has 4 heteroatoms. The smallest absolute Gasteiger partial charge is 0.250 e. The standard InChI is InChI=1S/C14H24N2O2/c1-4-18-14(8-6-5-7-9-14)13-15-11(10(2)3)12(17)16-13/h10-11H,4-9H2,1-3H3,(H,15,16,17). The average molecular weight is 252 g/mol. The first-order valence-corrected chi connectivity index (χ1v) is 7.12. The normalized spacial score (nSPS) is 27.2. The van der Waals surface area contributed by atoms with Gasteiger partial charge in [0.2, 0.25) is 5.91 Å². The Hall–Kier alpha value is -0.900. The van der Waals surface area contributed by atoms with Crippen LogP contribution in [0.4, 0.5) is 0 Å². The van der Waals surface area contributed by atoms with Crippen molar-refractivity contribution in [2.75, 3.05) is 6.61 Å². The maximum Gasteiger partial charge on any atom is 0.250 e. The van der Waals surface area contributed by atoms with E-state index in [1.54, 1.807) is 0 Å². The van der Waals surface area contributed by atoms with Crippen molar-refractivity contribution < 1.29 is 9.53 Å². The Morgan fingerprint density at radius 2 is 2.06 bits per heavy atom. The molecule has 102 valence electrons. The molecule has 18 heavy (non-hydrogen) atoms. The first-order chi connectivity index (χ1) is 8.59. The molecule has 4 nitrogen and oxygen atoms in total. The summed E-state index contributed by atoms with van der Waals surface area (Å²) in [5, 5.41) is 2.97. The quantitative estimate of drug-likeness (QED) is 0.834. The topological polar surface area (TPSA) is 50.7 Å². The molecule has 0 spiro atoms. The fraction of sp³-hybridized carbons (Fsp3) is 0.857. The molecule has 1 amide bonds. The van der Waals surface area contributed by atoms with Crippen LogP contribution in [0.1, 0.15) is 52.9 Å². The molecule has 0 bridgehead atoms. The van der Waals surface area contributed by atoms with E-state index < -0.39 is 0 Å². The van der Waals surface area contributed by atoms with Gasteiger partial charge in [-0.1, -0.05) is 33.1 Å². The lowest BCUT2D eigenvalue weighted by molar-refractivity contribution is -0.121. The highest BCUT2D eigenvalue weighted by Gasteiger charge is 2.43. The van der Waals surface area contributed by atoms with Crippen LogP contribution in [0.3, 0.4) is 0 Å². The third-order valence-corrected chi connectivity index (χ3v) is 3.92. The first kappa shape index (κ1) is 13.5. The van der Waals surface area contributed by atoms with E-state index in [0.29, 0.717) is 6.61 Å². The lowest BCUT2D eigenvalue weighted by Crippen LogP contribution is -2.49. The number of nitrogens with one attached hydrogen (secondary N) is 1. The minimum atomic E-state index is -0.327. The number of amidine groups is 1. The summed E-state index contributed by atoms with van der Waals surface area (Å²) in [7, 11) is 0. The van der Waals surface area contributed by atoms with Crippen molar-refractivity contribution in [3.8, 4) is 0 Å². The van der Waals surface area contributed by atoms with Crippen LogP contribution in [0.2, 0.25) is 0 Å². The lowest BCUT2D eigenvalue weighted by Gasteiger charge is -2.36. The summed E-state index contributed by atoms with van der Waals surface area (Å²) >= 11 is 0. The Kier molecular flexibility index (Phi) is 4.05. The van der Waals surface area contributed by atoms with Crippen LogP contribution in [-0.2, 0) is 9.53 Å². The van der Waals surface area contributed by atoms with Crippen LogP contribution in [0, 0.1) is 5.92 Å². The Balaban J connectivity index is 2.21. The van der Waals surface area contributed by atoms with E-state index in [1.165, 1.54) is 6.42 Å². The highest BCUT2D eigenvalue weighted by atomic mass is 16.5. The molecule has 1 heterocycles. The van der Waals surface area contributed by atoms with Gasteiger partial charge in [-0.25, -0.2) is 0 Å². The third kappa shape index (κ3) is 2.44. The molecule has 0 radical (unpaired) electrons. The number of hydrogen-bond donors (Lipinski definition) is 1. The molecule has 1 atom stereocenters. The Morgan fingerprint density at radius 1 is 1.39 bits per heavy atom. The van der Waals surface area contributed by atoms with Gasteiger partial charge in [0.05, 0.1) is 0 Å². The maximum absolute atomic E-state index is 11.9. The second kappa shape index (κ2) is 5.39. The van der Waals surface area contributed by atoms with Crippen LogP contribution in [0.15, 0.2) is 4.99 Å². The summed E-state index contributed by atoms with van der Waals surface area (Å²) < 4.78 is 5.99. The first-order valence-electron chi connectivity index (χ1n) is 7.12. The van der Waals surface area contributed by atoms with Crippen LogP contribution in [0.5, 0.6) is 0 Å². The Labute approximate surface area is 109 Å². The van der Waals surface area contributed by atoms with Crippen LogP contribution < -0.4 is 5.32 Å². The zero-order chi connectivity index (χ0) is 13.2. The molecule has 0 aromatic heterocycles. The monoisotopic (exact) mass is 252 g/mol. The predicted molar refractivity (Wildman–Crippen MR) is 71.6 cm³/mol. The van der Waals surface area contributed by atoms with Crippen molar-refractivity contribution in [3.05, 3.63) is 0 Å². The molecule has 1 saturated carbocycles. The van der Waals surface area contributed by atoms with Gasteiger partial charge in [-0.05, 0) is 25.7 Å². The number of ether oxygens (including phenoxy) is 1. The number of nitrogens with zero attached hydrogens (tertiary/aromatic N) is 1. The van der Waals surface area contributed by atoms with E-state index in [0.717, 1.165) is 31.5 Å². The minimum absolute atomic E-state index is 0.0321. The molecule has 0 saturated heterocycles. The van der Waals surface area contributed by atoms with E-state index >= 15 is 0 Å². The van der Waals surface area contributed by atoms with Crippen molar-refractivity contribution in [1.82, 2.24) is 5.32 Å². The number of hydrogen-bond acceptors (Lipinski definition) is 3. The summed E-state index contributed by atoms with van der Waals surface area (Å²) in [5.41, 5.74) is -0.327. The molecule has 1 aliphatic carbocycles. The van der Waals surface area contributed by atoms with Crippen molar-refractivity contribution in [3.63, 3.8) is 0 Å². The van der Waals surface area contributed by atoms with Gasteiger partial charge >= 0.3 is 0 Å². The molecule has 1 fully saturated rings. The van der Waals surface area contributed by atoms with E-state index in [4.69, 9.17) is 4.74 Å².